The molecule has 6 heteroatoms. The first-order valence-corrected chi connectivity index (χ1v) is 9.14. The SMILES string of the molecule is CCN(C(=O)CC1CCCCC1)c1nnc(-c2ccncc2)s1. The molecule has 2 heterocycles. The molecule has 0 aromatic carbocycles. The highest BCUT2D eigenvalue weighted by Crippen LogP contribution is 2.31. The Kier molecular flexibility index (Phi) is 5.33. The highest BCUT2D eigenvalue weighted by atomic mass is 32.1. The van der Waals surface area contributed by atoms with Crippen LogP contribution in [0.2, 0.25) is 0 Å². The Bertz CT molecular complexity index is 637. The summed E-state index contributed by atoms with van der Waals surface area (Å²) in [6.07, 6.45) is 10.3. The van der Waals surface area contributed by atoms with Crippen LogP contribution in [0.15, 0.2) is 24.5 Å². The topological polar surface area (TPSA) is 59.0 Å². The number of pyridine rings is 1. The van der Waals surface area contributed by atoms with Gasteiger partial charge in [0.2, 0.25) is 11.0 Å². The van der Waals surface area contributed by atoms with Crippen LogP contribution in [0, 0.1) is 5.92 Å². The van der Waals surface area contributed by atoms with E-state index in [0.29, 0.717) is 24.0 Å². The lowest BCUT2D eigenvalue weighted by Crippen LogP contribution is -2.32. The van der Waals surface area contributed by atoms with Crippen LogP contribution in [0.5, 0.6) is 0 Å². The van der Waals surface area contributed by atoms with E-state index >= 15 is 0 Å². The van der Waals surface area contributed by atoms with Crippen molar-refractivity contribution in [3.05, 3.63) is 24.5 Å². The van der Waals surface area contributed by atoms with Gasteiger partial charge >= 0.3 is 0 Å². The minimum atomic E-state index is 0.178. The third-order valence-electron chi connectivity index (χ3n) is 4.38. The predicted molar refractivity (Wildman–Crippen MR) is 92.4 cm³/mol. The fraction of sp³-hybridized carbons (Fsp3) is 0.529. The molecule has 0 spiro atoms. The zero-order valence-electron chi connectivity index (χ0n) is 13.4. The number of hydrogen-bond donors (Lipinski definition) is 0. The van der Waals surface area contributed by atoms with Crippen molar-refractivity contribution in [2.45, 2.75) is 45.4 Å². The van der Waals surface area contributed by atoms with Gasteiger partial charge in [0, 0.05) is 30.9 Å². The largest absolute Gasteiger partial charge is 0.287 e. The van der Waals surface area contributed by atoms with Crippen LogP contribution in [0.4, 0.5) is 5.13 Å². The van der Waals surface area contributed by atoms with Crippen molar-refractivity contribution < 1.29 is 4.79 Å². The van der Waals surface area contributed by atoms with Gasteiger partial charge in [0.25, 0.3) is 0 Å². The van der Waals surface area contributed by atoms with E-state index in [1.54, 1.807) is 17.3 Å². The average Bonchev–Trinajstić information content (AvgIpc) is 3.07. The number of carbonyl (C=O) groups is 1. The van der Waals surface area contributed by atoms with Crippen LogP contribution >= 0.6 is 11.3 Å². The molecule has 0 radical (unpaired) electrons. The van der Waals surface area contributed by atoms with Crippen molar-refractivity contribution in [2.75, 3.05) is 11.4 Å². The number of anilines is 1. The van der Waals surface area contributed by atoms with Crippen LogP contribution < -0.4 is 4.90 Å². The monoisotopic (exact) mass is 330 g/mol. The lowest BCUT2D eigenvalue weighted by molar-refractivity contribution is -0.119. The number of hydrogen-bond acceptors (Lipinski definition) is 5. The second-order valence-electron chi connectivity index (χ2n) is 5.97. The molecule has 0 aliphatic heterocycles. The van der Waals surface area contributed by atoms with E-state index in [1.807, 2.05) is 19.1 Å². The number of rotatable bonds is 5. The molecular weight excluding hydrogens is 308 g/mol. The summed E-state index contributed by atoms with van der Waals surface area (Å²) >= 11 is 1.46. The van der Waals surface area contributed by atoms with Crippen LogP contribution in [0.25, 0.3) is 10.6 Å². The van der Waals surface area contributed by atoms with Crippen molar-refractivity contribution in [1.29, 1.82) is 0 Å². The van der Waals surface area contributed by atoms with Crippen molar-refractivity contribution in [3.8, 4) is 10.6 Å². The second kappa shape index (κ2) is 7.64. The zero-order chi connectivity index (χ0) is 16.1. The first kappa shape index (κ1) is 16.1. The molecule has 1 aliphatic rings. The maximum absolute atomic E-state index is 12.6. The van der Waals surface area contributed by atoms with Gasteiger partial charge < -0.3 is 0 Å². The van der Waals surface area contributed by atoms with Gasteiger partial charge in [0.15, 0.2) is 0 Å². The first-order valence-electron chi connectivity index (χ1n) is 8.32. The zero-order valence-corrected chi connectivity index (χ0v) is 14.3. The Morgan fingerprint density at radius 2 is 1.96 bits per heavy atom. The van der Waals surface area contributed by atoms with Crippen molar-refractivity contribution in [1.82, 2.24) is 15.2 Å². The first-order chi connectivity index (χ1) is 11.3. The molecule has 2 aromatic rings. The molecular formula is C17H22N4OS. The van der Waals surface area contributed by atoms with Crippen LogP contribution in [-0.4, -0.2) is 27.6 Å². The predicted octanol–water partition coefficient (Wildman–Crippen LogP) is 3.92. The van der Waals surface area contributed by atoms with Crippen molar-refractivity contribution >= 4 is 22.4 Å². The van der Waals surface area contributed by atoms with Gasteiger partial charge in [-0.2, -0.15) is 0 Å². The van der Waals surface area contributed by atoms with E-state index in [9.17, 15) is 4.79 Å². The van der Waals surface area contributed by atoms with Crippen molar-refractivity contribution in [2.24, 2.45) is 5.92 Å². The van der Waals surface area contributed by atoms with Gasteiger partial charge in [0.1, 0.15) is 5.01 Å². The number of aromatic nitrogens is 3. The molecule has 0 saturated heterocycles. The van der Waals surface area contributed by atoms with Gasteiger partial charge in [0.05, 0.1) is 0 Å². The number of carbonyl (C=O) groups excluding carboxylic acids is 1. The standard InChI is InChI=1S/C17H22N4OS/c1-2-21(15(22)12-13-6-4-3-5-7-13)17-20-19-16(23-17)14-8-10-18-11-9-14/h8-11,13H,2-7,12H2,1H3. The summed E-state index contributed by atoms with van der Waals surface area (Å²) in [4.78, 5) is 18.4. The van der Waals surface area contributed by atoms with Gasteiger partial charge in [-0.15, -0.1) is 10.2 Å². The highest BCUT2D eigenvalue weighted by Gasteiger charge is 2.23. The second-order valence-corrected chi connectivity index (χ2v) is 6.93. The summed E-state index contributed by atoms with van der Waals surface area (Å²) in [5.41, 5.74) is 0.986. The van der Waals surface area contributed by atoms with E-state index < -0.39 is 0 Å². The lowest BCUT2D eigenvalue weighted by Gasteiger charge is -2.24. The van der Waals surface area contributed by atoms with Gasteiger partial charge in [-0.3, -0.25) is 14.7 Å². The van der Waals surface area contributed by atoms with Crippen LogP contribution in [0.1, 0.15) is 45.4 Å². The molecule has 0 bridgehead atoms. The summed E-state index contributed by atoms with van der Waals surface area (Å²) in [5.74, 6) is 0.717. The van der Waals surface area contributed by atoms with E-state index in [1.165, 1.54) is 43.4 Å². The maximum atomic E-state index is 12.6. The third kappa shape index (κ3) is 3.93. The third-order valence-corrected chi connectivity index (χ3v) is 5.37. The molecule has 122 valence electrons. The number of amides is 1. The number of nitrogens with zero attached hydrogens (tertiary/aromatic N) is 4. The summed E-state index contributed by atoms with van der Waals surface area (Å²) < 4.78 is 0. The minimum Gasteiger partial charge on any atom is -0.287 e. The van der Waals surface area contributed by atoms with E-state index in [-0.39, 0.29) is 5.91 Å². The Labute approximate surface area is 140 Å². The fourth-order valence-electron chi connectivity index (χ4n) is 3.10. The Hall–Kier alpha value is -1.82. The Balaban J connectivity index is 1.70. The van der Waals surface area contributed by atoms with E-state index in [0.717, 1.165) is 10.6 Å². The van der Waals surface area contributed by atoms with Gasteiger partial charge in [-0.1, -0.05) is 30.6 Å². The molecule has 3 rings (SSSR count). The van der Waals surface area contributed by atoms with E-state index in [2.05, 4.69) is 15.2 Å². The molecule has 1 fully saturated rings. The molecule has 1 aliphatic carbocycles. The van der Waals surface area contributed by atoms with Gasteiger partial charge in [-0.05, 0) is 37.8 Å². The quantitative estimate of drug-likeness (QED) is 0.833. The van der Waals surface area contributed by atoms with Crippen LogP contribution in [0.3, 0.4) is 0 Å². The molecule has 0 N–H and O–H groups in total. The lowest BCUT2D eigenvalue weighted by atomic mass is 9.87. The molecule has 1 saturated carbocycles. The fourth-order valence-corrected chi connectivity index (χ4v) is 4.03. The Morgan fingerprint density at radius 3 is 2.65 bits per heavy atom. The van der Waals surface area contributed by atoms with Crippen LogP contribution in [-0.2, 0) is 4.79 Å². The highest BCUT2D eigenvalue weighted by molar-refractivity contribution is 7.18. The molecule has 23 heavy (non-hydrogen) atoms. The summed E-state index contributed by atoms with van der Waals surface area (Å²) in [5, 5.41) is 9.98. The summed E-state index contributed by atoms with van der Waals surface area (Å²) in [6, 6.07) is 3.81. The van der Waals surface area contributed by atoms with Crippen molar-refractivity contribution in [3.63, 3.8) is 0 Å². The molecule has 0 atom stereocenters. The molecule has 2 aromatic heterocycles. The smallest absolute Gasteiger partial charge is 0.229 e. The molecule has 0 unspecified atom stereocenters. The summed E-state index contributed by atoms with van der Waals surface area (Å²) in [6.45, 7) is 2.63. The molecule has 1 amide bonds. The maximum Gasteiger partial charge on any atom is 0.229 e. The average molecular weight is 330 g/mol. The summed E-state index contributed by atoms with van der Waals surface area (Å²) in [7, 11) is 0. The molecule has 5 nitrogen and oxygen atoms in total. The van der Waals surface area contributed by atoms with Gasteiger partial charge in [-0.25, -0.2) is 0 Å². The minimum absolute atomic E-state index is 0.178. The van der Waals surface area contributed by atoms with E-state index in [4.69, 9.17) is 0 Å². The normalized spacial score (nSPS) is 15.5. The Morgan fingerprint density at radius 1 is 1.22 bits per heavy atom.